The highest BCUT2D eigenvalue weighted by Gasteiger charge is 2.50. The molecule has 3 atom stereocenters. The van der Waals surface area contributed by atoms with Crippen LogP contribution in [0.4, 0.5) is 30.1 Å². The van der Waals surface area contributed by atoms with Gasteiger partial charge in [-0.1, -0.05) is 18.2 Å². The number of methoxy groups -OCH3 is 1. The van der Waals surface area contributed by atoms with Crippen LogP contribution in [0, 0.1) is 11.6 Å². The number of piperazine rings is 1. The average molecular weight is 787 g/mol. The molecule has 4 aromatic rings. The van der Waals surface area contributed by atoms with Crippen LogP contribution in [0.5, 0.6) is 5.75 Å². The summed E-state index contributed by atoms with van der Waals surface area (Å²) in [6.07, 6.45) is 3.28. The fourth-order valence-corrected chi connectivity index (χ4v) is 9.18. The summed E-state index contributed by atoms with van der Waals surface area (Å²) in [7, 11) is 1.51. The van der Waals surface area contributed by atoms with E-state index in [2.05, 4.69) is 4.90 Å². The van der Waals surface area contributed by atoms with Gasteiger partial charge in [0.2, 0.25) is 5.95 Å². The second-order valence-electron chi connectivity index (χ2n) is 17.8. The smallest absolute Gasteiger partial charge is 0.410 e. The van der Waals surface area contributed by atoms with Crippen LogP contribution in [0.3, 0.4) is 0 Å². The van der Waals surface area contributed by atoms with Crippen LogP contribution < -0.4 is 14.5 Å². The maximum absolute atomic E-state index is 17.5. The summed E-state index contributed by atoms with van der Waals surface area (Å²) in [5.74, 6) is 0.199. The number of carbonyl (C=O) groups excluding carboxylic acids is 2. The number of ether oxygens (including phenoxy) is 4. The van der Waals surface area contributed by atoms with Crippen molar-refractivity contribution in [3.8, 4) is 16.9 Å². The second-order valence-corrected chi connectivity index (χ2v) is 17.8. The Bertz CT molecular complexity index is 2210. The van der Waals surface area contributed by atoms with E-state index in [4.69, 9.17) is 28.9 Å². The molecule has 4 fully saturated rings. The van der Waals surface area contributed by atoms with Crippen molar-refractivity contribution in [1.29, 1.82) is 0 Å². The first-order chi connectivity index (χ1) is 27.0. The molecule has 14 heteroatoms. The van der Waals surface area contributed by atoms with Crippen LogP contribution in [0.2, 0.25) is 0 Å². The van der Waals surface area contributed by atoms with Gasteiger partial charge in [-0.15, -0.1) is 0 Å². The minimum atomic E-state index is -0.638. The van der Waals surface area contributed by atoms with Gasteiger partial charge in [0.15, 0.2) is 12.6 Å². The van der Waals surface area contributed by atoms with Crippen LogP contribution in [0.25, 0.3) is 32.8 Å². The Morgan fingerprint density at radius 2 is 1.58 bits per heavy atom. The van der Waals surface area contributed by atoms with E-state index in [1.165, 1.54) is 13.2 Å². The molecule has 3 aromatic carbocycles. The van der Waals surface area contributed by atoms with E-state index in [1.807, 2.05) is 56.2 Å². The van der Waals surface area contributed by atoms with Gasteiger partial charge in [0.1, 0.15) is 34.1 Å². The van der Waals surface area contributed by atoms with Crippen molar-refractivity contribution in [3.63, 3.8) is 0 Å². The molecule has 2 amide bonds. The normalized spacial score (nSPS) is 22.3. The molecule has 57 heavy (non-hydrogen) atoms. The van der Waals surface area contributed by atoms with Gasteiger partial charge in [0.05, 0.1) is 17.6 Å². The summed E-state index contributed by atoms with van der Waals surface area (Å²) in [6, 6.07) is 11.3. The molecule has 304 valence electrons. The number of likely N-dealkylation sites (tertiary alicyclic amines) is 1. The minimum absolute atomic E-state index is 0.0354. The Labute approximate surface area is 332 Å². The number of carbonyl (C=O) groups is 2. The molecule has 4 aliphatic heterocycles. The molecule has 0 radical (unpaired) electrons. The van der Waals surface area contributed by atoms with E-state index >= 15 is 8.78 Å². The molecule has 0 saturated carbocycles. The predicted molar refractivity (Wildman–Crippen MR) is 214 cm³/mol. The molecule has 0 N–H and O–H groups in total. The number of nitrogens with zero attached hydrogens (tertiary/aromatic N) is 6. The Morgan fingerprint density at radius 3 is 2.28 bits per heavy atom. The highest BCUT2D eigenvalue weighted by molar-refractivity contribution is 6.02. The third kappa shape index (κ3) is 7.37. The fraction of sp³-hybridized carbons (Fsp3) is 0.535. The maximum Gasteiger partial charge on any atom is 0.410 e. The standard InChI is InChI=1S/C43H52F2N6O6/c1-41(2,3)56-39(52)50-18-9-16-43(50)17-19-48(24-43)38-46-36-31(37(47-38)49-22-27-12-13-28(23-49)51(27)40(53)57-42(4,5)6)15-14-30(35(36)45)32-21-29(55-25-54-7)20-26-10-8-11-33(44)34(26)32/h8,10-11,14-15,20-21,27-28H,9,12-13,16-19,22-25H2,1-7H3/t27-,28+,43?. The maximum atomic E-state index is 17.5. The zero-order chi connectivity index (χ0) is 40.4. The van der Waals surface area contributed by atoms with Crippen LogP contribution in [0.15, 0.2) is 42.5 Å². The first-order valence-corrected chi connectivity index (χ1v) is 19.9. The lowest BCUT2D eigenvalue weighted by molar-refractivity contribution is 0.0104. The molecule has 2 bridgehead atoms. The van der Waals surface area contributed by atoms with Gasteiger partial charge in [-0.3, -0.25) is 4.90 Å². The molecule has 1 unspecified atom stereocenters. The van der Waals surface area contributed by atoms with Crippen LogP contribution in [-0.4, -0.2) is 107 Å². The quantitative estimate of drug-likeness (QED) is 0.177. The topological polar surface area (TPSA) is 110 Å². The molecular weight excluding hydrogens is 735 g/mol. The van der Waals surface area contributed by atoms with Crippen LogP contribution in [0.1, 0.15) is 73.6 Å². The highest BCUT2D eigenvalue weighted by atomic mass is 19.1. The first kappa shape index (κ1) is 38.9. The zero-order valence-corrected chi connectivity index (χ0v) is 33.9. The lowest BCUT2D eigenvalue weighted by Gasteiger charge is -2.42. The second kappa shape index (κ2) is 14.4. The van der Waals surface area contributed by atoms with Crippen molar-refractivity contribution in [1.82, 2.24) is 19.8 Å². The van der Waals surface area contributed by atoms with E-state index in [0.29, 0.717) is 73.0 Å². The van der Waals surface area contributed by atoms with Gasteiger partial charge >= 0.3 is 12.2 Å². The number of rotatable bonds is 6. The molecule has 4 aliphatic rings. The van der Waals surface area contributed by atoms with Crippen LogP contribution in [-0.2, 0) is 14.2 Å². The van der Waals surface area contributed by atoms with E-state index in [0.717, 1.165) is 25.7 Å². The molecule has 8 rings (SSSR count). The fourth-order valence-electron chi connectivity index (χ4n) is 9.18. The van der Waals surface area contributed by atoms with Gasteiger partial charge in [-0.25, -0.2) is 23.4 Å². The van der Waals surface area contributed by atoms with Crippen molar-refractivity contribution < 1.29 is 37.3 Å². The summed E-state index contributed by atoms with van der Waals surface area (Å²) >= 11 is 0. The van der Waals surface area contributed by atoms with E-state index in [9.17, 15) is 9.59 Å². The van der Waals surface area contributed by atoms with Crippen molar-refractivity contribution in [2.24, 2.45) is 0 Å². The molecule has 4 saturated heterocycles. The summed E-state index contributed by atoms with van der Waals surface area (Å²) in [4.78, 5) is 44.8. The number of anilines is 2. The average Bonchev–Trinajstić information content (AvgIpc) is 3.84. The Balaban J connectivity index is 1.23. The third-order valence-electron chi connectivity index (χ3n) is 11.5. The predicted octanol–water partition coefficient (Wildman–Crippen LogP) is 8.28. The first-order valence-electron chi connectivity index (χ1n) is 19.9. The number of hydrogen-bond acceptors (Lipinski definition) is 10. The lowest BCUT2D eigenvalue weighted by atomic mass is 9.95. The van der Waals surface area contributed by atoms with Crippen LogP contribution >= 0.6 is 0 Å². The number of hydrogen-bond donors (Lipinski definition) is 0. The molecule has 1 aromatic heterocycles. The van der Waals surface area contributed by atoms with Gasteiger partial charge in [0, 0.05) is 56.2 Å². The monoisotopic (exact) mass is 786 g/mol. The summed E-state index contributed by atoms with van der Waals surface area (Å²) in [5.41, 5.74) is -1.16. The van der Waals surface area contributed by atoms with Gasteiger partial charge in [0.25, 0.3) is 0 Å². The largest absolute Gasteiger partial charge is 0.468 e. The molecule has 12 nitrogen and oxygen atoms in total. The van der Waals surface area contributed by atoms with Crippen molar-refractivity contribution in [2.45, 2.75) is 102 Å². The van der Waals surface area contributed by atoms with Gasteiger partial charge in [-0.05, 0) is 109 Å². The lowest BCUT2D eigenvalue weighted by Crippen LogP contribution is -2.57. The summed E-state index contributed by atoms with van der Waals surface area (Å²) in [5, 5.41) is 1.32. The third-order valence-corrected chi connectivity index (χ3v) is 11.5. The summed E-state index contributed by atoms with van der Waals surface area (Å²) in [6.45, 7) is 13.7. The molecule has 0 aliphatic carbocycles. The van der Waals surface area contributed by atoms with E-state index < -0.39 is 28.4 Å². The Morgan fingerprint density at radius 1 is 0.860 bits per heavy atom. The minimum Gasteiger partial charge on any atom is -0.468 e. The molecule has 1 spiro atoms. The number of fused-ring (bicyclic) bond motifs is 4. The zero-order valence-electron chi connectivity index (χ0n) is 33.9. The Kier molecular flexibility index (Phi) is 9.85. The number of amides is 2. The van der Waals surface area contributed by atoms with Gasteiger partial charge in [-0.2, -0.15) is 4.98 Å². The van der Waals surface area contributed by atoms with Crippen molar-refractivity contribution in [2.75, 3.05) is 56.4 Å². The number of benzene rings is 3. The molecular formula is C43H52F2N6O6. The number of aromatic nitrogens is 2. The van der Waals surface area contributed by atoms with Gasteiger partial charge < -0.3 is 33.6 Å². The SMILES string of the molecule is COCOc1cc(-c2ccc3c(N4C[C@H]5CC[C@@H](C4)N5C(=O)OC(C)(C)C)nc(N4CCC5(CCCN5C(=O)OC(C)(C)C)C4)nc3c2F)c2c(F)cccc2c1. The van der Waals surface area contributed by atoms with E-state index in [-0.39, 0.29) is 47.5 Å². The van der Waals surface area contributed by atoms with Crippen molar-refractivity contribution in [3.05, 3.63) is 54.1 Å². The molecule has 5 heterocycles. The van der Waals surface area contributed by atoms with Crippen molar-refractivity contribution >= 4 is 45.6 Å². The highest BCUT2D eigenvalue weighted by Crippen LogP contribution is 2.44. The number of halogens is 2. The summed E-state index contributed by atoms with van der Waals surface area (Å²) < 4.78 is 55.6. The Hall–Kier alpha value is -4.98. The van der Waals surface area contributed by atoms with E-state index in [1.54, 1.807) is 36.4 Å².